The summed E-state index contributed by atoms with van der Waals surface area (Å²) in [5, 5.41) is 0.167. The molecule has 4 nitrogen and oxygen atoms in total. The van der Waals surface area contributed by atoms with Gasteiger partial charge in [0.15, 0.2) is 0 Å². The summed E-state index contributed by atoms with van der Waals surface area (Å²) in [6, 6.07) is 0. The molecule has 0 aromatic carbocycles. The lowest BCUT2D eigenvalue weighted by Gasteiger charge is -2.05. The lowest BCUT2D eigenvalue weighted by molar-refractivity contribution is 0.290. The van der Waals surface area contributed by atoms with E-state index >= 15 is 0 Å². The van der Waals surface area contributed by atoms with Crippen LogP contribution in [0.4, 0.5) is 5.69 Å². The number of nitrogens with zero attached hydrogens (tertiary/aromatic N) is 2. The Hall–Kier alpha value is -1.03. The molecular weight excluding hydrogens is 190 g/mol. The molecule has 0 unspecified atom stereocenters. The highest BCUT2D eigenvalue weighted by molar-refractivity contribution is 6.28. The quantitative estimate of drug-likeness (QED) is 0.750. The Morgan fingerprint density at radius 3 is 3.08 bits per heavy atom. The van der Waals surface area contributed by atoms with E-state index in [-0.39, 0.29) is 5.28 Å². The monoisotopic (exact) mass is 199 g/mol. The summed E-state index contributed by atoms with van der Waals surface area (Å²) in [7, 11) is 0. The molecule has 2 rings (SSSR count). The first kappa shape index (κ1) is 8.56. The molecule has 0 saturated heterocycles. The van der Waals surface area contributed by atoms with Gasteiger partial charge >= 0.3 is 0 Å². The van der Waals surface area contributed by atoms with Crippen LogP contribution < -0.4 is 10.5 Å². The van der Waals surface area contributed by atoms with Crippen molar-refractivity contribution in [1.82, 2.24) is 9.97 Å². The van der Waals surface area contributed by atoms with Crippen molar-refractivity contribution in [2.75, 3.05) is 12.3 Å². The minimum absolute atomic E-state index is 0.167. The van der Waals surface area contributed by atoms with Gasteiger partial charge in [-0.2, -0.15) is 4.98 Å². The Balaban J connectivity index is 2.03. The summed E-state index contributed by atoms with van der Waals surface area (Å²) < 4.78 is 5.38. The zero-order valence-corrected chi connectivity index (χ0v) is 7.79. The van der Waals surface area contributed by atoms with E-state index in [1.165, 1.54) is 19.0 Å². The fraction of sp³-hybridized carbons (Fsp3) is 0.500. The Morgan fingerprint density at radius 2 is 2.38 bits per heavy atom. The van der Waals surface area contributed by atoms with Crippen molar-refractivity contribution in [3.63, 3.8) is 0 Å². The van der Waals surface area contributed by atoms with Gasteiger partial charge in [-0.25, -0.2) is 4.98 Å². The highest BCUT2D eigenvalue weighted by Gasteiger charge is 2.22. The molecule has 5 heteroatoms. The van der Waals surface area contributed by atoms with Gasteiger partial charge in [0.2, 0.25) is 11.2 Å². The van der Waals surface area contributed by atoms with E-state index < -0.39 is 0 Å². The molecule has 1 saturated carbocycles. The minimum atomic E-state index is 0.167. The topological polar surface area (TPSA) is 61.0 Å². The third-order valence-corrected chi connectivity index (χ3v) is 2.09. The zero-order valence-electron chi connectivity index (χ0n) is 7.03. The SMILES string of the molecule is Nc1cnc(Cl)nc1OCC1CC1. The predicted molar refractivity (Wildman–Crippen MR) is 49.7 cm³/mol. The van der Waals surface area contributed by atoms with Gasteiger partial charge < -0.3 is 10.5 Å². The molecule has 13 heavy (non-hydrogen) atoms. The van der Waals surface area contributed by atoms with Crippen LogP contribution in [0.2, 0.25) is 5.28 Å². The lowest BCUT2D eigenvalue weighted by atomic mass is 10.4. The number of anilines is 1. The summed E-state index contributed by atoms with van der Waals surface area (Å²) >= 11 is 5.59. The van der Waals surface area contributed by atoms with Gasteiger partial charge in [-0.1, -0.05) is 0 Å². The standard InChI is InChI=1S/C8H10ClN3O/c9-8-11-3-6(10)7(12-8)13-4-5-1-2-5/h3,5H,1-2,4,10H2. The van der Waals surface area contributed by atoms with Gasteiger partial charge in [0.25, 0.3) is 0 Å². The fourth-order valence-electron chi connectivity index (χ4n) is 0.952. The van der Waals surface area contributed by atoms with Gasteiger partial charge in [-0.3, -0.25) is 0 Å². The maximum atomic E-state index is 5.59. The number of ether oxygens (including phenoxy) is 1. The normalized spacial score (nSPS) is 15.8. The predicted octanol–water partition coefficient (Wildman–Crippen LogP) is 1.50. The van der Waals surface area contributed by atoms with E-state index in [9.17, 15) is 0 Å². The molecule has 0 aliphatic heterocycles. The second-order valence-electron chi connectivity index (χ2n) is 3.15. The van der Waals surface area contributed by atoms with Crippen LogP contribution >= 0.6 is 11.6 Å². The van der Waals surface area contributed by atoms with E-state index in [0.717, 1.165) is 0 Å². The lowest BCUT2D eigenvalue weighted by Crippen LogP contribution is -2.04. The summed E-state index contributed by atoms with van der Waals surface area (Å²) in [6.45, 7) is 0.678. The van der Waals surface area contributed by atoms with Crippen LogP contribution in [0.5, 0.6) is 5.88 Å². The maximum Gasteiger partial charge on any atom is 0.241 e. The molecule has 0 atom stereocenters. The van der Waals surface area contributed by atoms with Gasteiger partial charge in [0, 0.05) is 0 Å². The molecule has 1 fully saturated rings. The van der Waals surface area contributed by atoms with E-state index in [2.05, 4.69) is 9.97 Å². The van der Waals surface area contributed by atoms with Crippen LogP contribution in [0.3, 0.4) is 0 Å². The molecule has 0 spiro atoms. The number of hydrogen-bond acceptors (Lipinski definition) is 4. The zero-order chi connectivity index (χ0) is 9.26. The van der Waals surface area contributed by atoms with Crippen LogP contribution in [0, 0.1) is 5.92 Å². The van der Waals surface area contributed by atoms with Gasteiger partial charge in [0.05, 0.1) is 12.8 Å². The molecule has 1 heterocycles. The van der Waals surface area contributed by atoms with Crippen molar-refractivity contribution < 1.29 is 4.74 Å². The van der Waals surface area contributed by atoms with Crippen molar-refractivity contribution in [3.8, 4) is 5.88 Å². The second-order valence-corrected chi connectivity index (χ2v) is 3.49. The molecule has 2 N–H and O–H groups in total. The Kier molecular flexibility index (Phi) is 2.22. The Morgan fingerprint density at radius 1 is 1.62 bits per heavy atom. The summed E-state index contributed by atoms with van der Waals surface area (Å²) in [6.07, 6.45) is 3.93. The Labute approximate surface area is 81.1 Å². The van der Waals surface area contributed by atoms with E-state index in [4.69, 9.17) is 22.1 Å². The van der Waals surface area contributed by atoms with Crippen molar-refractivity contribution in [2.45, 2.75) is 12.8 Å². The number of halogens is 1. The minimum Gasteiger partial charge on any atom is -0.476 e. The van der Waals surface area contributed by atoms with Gasteiger partial charge in [-0.05, 0) is 30.4 Å². The summed E-state index contributed by atoms with van der Waals surface area (Å²) in [5.41, 5.74) is 6.02. The number of rotatable bonds is 3. The summed E-state index contributed by atoms with van der Waals surface area (Å²) in [4.78, 5) is 7.61. The maximum absolute atomic E-state index is 5.59. The molecule has 70 valence electrons. The second kappa shape index (κ2) is 3.38. The Bertz CT molecular complexity index is 314. The molecule has 1 aliphatic rings. The van der Waals surface area contributed by atoms with Crippen molar-refractivity contribution in [3.05, 3.63) is 11.5 Å². The van der Waals surface area contributed by atoms with Crippen molar-refractivity contribution >= 4 is 17.3 Å². The number of nitrogens with two attached hydrogens (primary N) is 1. The smallest absolute Gasteiger partial charge is 0.241 e. The molecular formula is C8H10ClN3O. The third kappa shape index (κ3) is 2.21. The van der Waals surface area contributed by atoms with E-state index in [1.54, 1.807) is 0 Å². The first-order chi connectivity index (χ1) is 6.25. The highest BCUT2D eigenvalue weighted by atomic mass is 35.5. The van der Waals surface area contributed by atoms with Crippen LogP contribution in [-0.2, 0) is 0 Å². The van der Waals surface area contributed by atoms with Crippen molar-refractivity contribution in [1.29, 1.82) is 0 Å². The fourth-order valence-corrected chi connectivity index (χ4v) is 1.08. The van der Waals surface area contributed by atoms with Crippen molar-refractivity contribution in [2.24, 2.45) is 5.92 Å². The molecule has 0 radical (unpaired) electrons. The highest BCUT2D eigenvalue weighted by Crippen LogP contribution is 2.30. The summed E-state index contributed by atoms with van der Waals surface area (Å²) in [5.74, 6) is 1.07. The first-order valence-corrected chi connectivity index (χ1v) is 4.54. The first-order valence-electron chi connectivity index (χ1n) is 4.16. The largest absolute Gasteiger partial charge is 0.476 e. The number of hydrogen-bond donors (Lipinski definition) is 1. The van der Waals surface area contributed by atoms with E-state index in [1.807, 2.05) is 0 Å². The molecule has 1 aliphatic carbocycles. The van der Waals surface area contributed by atoms with Gasteiger partial charge in [-0.15, -0.1) is 0 Å². The number of nitrogen functional groups attached to an aromatic ring is 1. The molecule has 1 aromatic heterocycles. The van der Waals surface area contributed by atoms with Gasteiger partial charge in [0.1, 0.15) is 5.69 Å². The van der Waals surface area contributed by atoms with E-state index in [0.29, 0.717) is 24.1 Å². The average molecular weight is 200 g/mol. The average Bonchev–Trinajstić information content (AvgIpc) is 2.90. The van der Waals surface area contributed by atoms with Crippen LogP contribution in [0.1, 0.15) is 12.8 Å². The number of aromatic nitrogens is 2. The van der Waals surface area contributed by atoms with Crippen LogP contribution in [0.15, 0.2) is 6.20 Å². The van der Waals surface area contributed by atoms with Crippen LogP contribution in [0.25, 0.3) is 0 Å². The molecule has 1 aromatic rings. The molecule has 0 bridgehead atoms. The third-order valence-electron chi connectivity index (χ3n) is 1.90. The van der Waals surface area contributed by atoms with Crippen LogP contribution in [-0.4, -0.2) is 16.6 Å². The molecule has 0 amide bonds.